The second-order valence-corrected chi connectivity index (χ2v) is 7.99. The molecule has 0 atom stereocenters. The molecular formula is C14H25F3IN7O2S. The van der Waals surface area contributed by atoms with Crippen LogP contribution in [0.4, 0.5) is 13.2 Å². The van der Waals surface area contributed by atoms with Gasteiger partial charge in [0, 0.05) is 45.7 Å². The first-order valence-electron chi connectivity index (χ1n) is 8.59. The Morgan fingerprint density at radius 1 is 1.36 bits per heavy atom. The smallest absolute Gasteiger partial charge is 0.355 e. The molecular weight excluding hydrogens is 514 g/mol. The van der Waals surface area contributed by atoms with Crippen molar-refractivity contribution < 1.29 is 21.6 Å². The van der Waals surface area contributed by atoms with Crippen molar-refractivity contribution in [1.29, 1.82) is 0 Å². The molecule has 162 valence electrons. The number of nitrogens with one attached hydrogen (secondary N) is 2. The Bertz CT molecular complexity index is 746. The molecule has 0 aromatic carbocycles. The molecule has 14 heteroatoms. The minimum Gasteiger partial charge on any atom is -0.355 e. The third-order valence-electron chi connectivity index (χ3n) is 4.31. The molecule has 1 saturated heterocycles. The van der Waals surface area contributed by atoms with Crippen molar-refractivity contribution in [1.82, 2.24) is 29.7 Å². The topological polar surface area (TPSA) is 105 Å². The summed E-state index contributed by atoms with van der Waals surface area (Å²) in [6.45, 7) is 2.82. The van der Waals surface area contributed by atoms with Gasteiger partial charge in [-0.2, -0.15) is 17.5 Å². The molecule has 1 fully saturated rings. The Kier molecular flexibility index (Phi) is 9.39. The van der Waals surface area contributed by atoms with Crippen LogP contribution < -0.4 is 10.6 Å². The van der Waals surface area contributed by atoms with Gasteiger partial charge in [-0.3, -0.25) is 4.99 Å². The lowest BCUT2D eigenvalue weighted by molar-refractivity contribution is -0.0494. The maximum absolute atomic E-state index is 12.6. The molecule has 2 heterocycles. The van der Waals surface area contributed by atoms with Crippen molar-refractivity contribution in [3.8, 4) is 0 Å². The van der Waals surface area contributed by atoms with Crippen LogP contribution in [0.1, 0.15) is 25.6 Å². The maximum Gasteiger partial charge on any atom is 0.511 e. The lowest BCUT2D eigenvalue weighted by Gasteiger charge is -2.32. The van der Waals surface area contributed by atoms with Crippen LogP contribution in [-0.4, -0.2) is 71.7 Å². The fourth-order valence-corrected chi connectivity index (χ4v) is 3.79. The number of guanidine groups is 1. The van der Waals surface area contributed by atoms with Crippen LogP contribution in [0.3, 0.4) is 0 Å². The summed E-state index contributed by atoms with van der Waals surface area (Å²) >= 11 is 0. The molecule has 1 aromatic heterocycles. The third kappa shape index (κ3) is 6.17. The van der Waals surface area contributed by atoms with Crippen LogP contribution in [0.2, 0.25) is 0 Å². The number of aliphatic imine (C=N–C) groups is 1. The summed E-state index contributed by atoms with van der Waals surface area (Å²) in [4.78, 5) is 4.09. The number of sulfonamides is 1. The largest absolute Gasteiger partial charge is 0.511 e. The Morgan fingerprint density at radius 2 is 2.00 bits per heavy atom. The van der Waals surface area contributed by atoms with Gasteiger partial charge in [0.1, 0.15) is 12.2 Å². The predicted molar refractivity (Wildman–Crippen MR) is 109 cm³/mol. The maximum atomic E-state index is 12.6. The first-order chi connectivity index (χ1) is 12.7. The number of halogens is 4. The number of nitrogens with zero attached hydrogens (tertiary/aromatic N) is 5. The SMILES string of the molecule is CCc1nncn1CCNC(=NC)NC1CCN(S(=O)(=O)C(F)(F)F)CC1.I. The Balaban J connectivity index is 0.00000392. The number of hydrogen-bond acceptors (Lipinski definition) is 5. The molecule has 28 heavy (non-hydrogen) atoms. The Labute approximate surface area is 179 Å². The number of aromatic nitrogens is 3. The second kappa shape index (κ2) is 10.6. The van der Waals surface area contributed by atoms with Crippen molar-refractivity contribution >= 4 is 40.0 Å². The van der Waals surface area contributed by atoms with Gasteiger partial charge in [0.2, 0.25) is 0 Å². The van der Waals surface area contributed by atoms with Gasteiger partial charge >= 0.3 is 15.5 Å². The minimum atomic E-state index is -5.26. The molecule has 0 amide bonds. The van der Waals surface area contributed by atoms with E-state index in [2.05, 4.69) is 25.8 Å². The zero-order chi connectivity index (χ0) is 20.1. The van der Waals surface area contributed by atoms with E-state index in [0.29, 0.717) is 23.4 Å². The normalized spacial score (nSPS) is 17.2. The summed E-state index contributed by atoms with van der Waals surface area (Å²) in [5.41, 5.74) is -5.26. The van der Waals surface area contributed by atoms with E-state index in [0.717, 1.165) is 12.2 Å². The van der Waals surface area contributed by atoms with Gasteiger partial charge in [-0.1, -0.05) is 6.92 Å². The molecule has 1 aliphatic heterocycles. The molecule has 0 radical (unpaired) electrons. The fraction of sp³-hybridized carbons (Fsp3) is 0.786. The average molecular weight is 539 g/mol. The van der Waals surface area contributed by atoms with Crippen LogP contribution in [0.5, 0.6) is 0 Å². The van der Waals surface area contributed by atoms with Gasteiger partial charge in [-0.15, -0.1) is 34.2 Å². The van der Waals surface area contributed by atoms with Crippen molar-refractivity contribution in [2.75, 3.05) is 26.7 Å². The lowest BCUT2D eigenvalue weighted by atomic mass is 10.1. The third-order valence-corrected chi connectivity index (χ3v) is 5.94. The number of aryl methyl sites for hydroxylation is 1. The molecule has 1 aromatic rings. The van der Waals surface area contributed by atoms with E-state index < -0.39 is 15.5 Å². The van der Waals surface area contributed by atoms with Crippen LogP contribution in [0.25, 0.3) is 0 Å². The van der Waals surface area contributed by atoms with Gasteiger partial charge in [0.25, 0.3) is 0 Å². The summed E-state index contributed by atoms with van der Waals surface area (Å²) in [5, 5.41) is 14.1. The minimum absolute atomic E-state index is 0. The zero-order valence-corrected chi connectivity index (χ0v) is 18.8. The summed E-state index contributed by atoms with van der Waals surface area (Å²) in [6, 6.07) is -0.156. The molecule has 0 saturated carbocycles. The number of rotatable bonds is 6. The monoisotopic (exact) mass is 539 g/mol. The van der Waals surface area contributed by atoms with E-state index in [9.17, 15) is 21.6 Å². The number of piperidine rings is 1. The van der Waals surface area contributed by atoms with Gasteiger partial charge in [0.15, 0.2) is 5.96 Å². The molecule has 0 unspecified atom stereocenters. The van der Waals surface area contributed by atoms with Crippen molar-refractivity contribution in [2.45, 2.75) is 44.3 Å². The molecule has 0 spiro atoms. The molecule has 0 aliphatic carbocycles. The summed E-state index contributed by atoms with van der Waals surface area (Å²) < 4.78 is 63.1. The summed E-state index contributed by atoms with van der Waals surface area (Å²) in [6.07, 6.45) is 2.95. The Hall–Kier alpha value is -1.16. The van der Waals surface area contributed by atoms with Crippen molar-refractivity contribution in [2.24, 2.45) is 4.99 Å². The molecule has 2 N–H and O–H groups in total. The van der Waals surface area contributed by atoms with E-state index in [1.54, 1.807) is 13.4 Å². The Morgan fingerprint density at radius 3 is 2.54 bits per heavy atom. The highest BCUT2D eigenvalue weighted by Gasteiger charge is 2.50. The van der Waals surface area contributed by atoms with Gasteiger partial charge in [-0.05, 0) is 12.8 Å². The highest BCUT2D eigenvalue weighted by Crippen LogP contribution is 2.28. The van der Waals surface area contributed by atoms with E-state index in [-0.39, 0.29) is 55.9 Å². The summed E-state index contributed by atoms with van der Waals surface area (Å²) in [7, 11) is -3.67. The second-order valence-electron chi connectivity index (χ2n) is 6.06. The van der Waals surface area contributed by atoms with Crippen LogP contribution in [0.15, 0.2) is 11.3 Å². The standard InChI is InChI=1S/C14H24F3N7O2S.HI/c1-3-12-22-20-10-23(12)9-6-19-13(18-2)21-11-4-7-24(8-5-11)27(25,26)14(15,16)17;/h10-11H,3-9H2,1-2H3,(H2,18,19,21);1H. The quantitative estimate of drug-likeness (QED) is 0.317. The van der Waals surface area contributed by atoms with Gasteiger partial charge in [-0.25, -0.2) is 8.42 Å². The van der Waals surface area contributed by atoms with Crippen molar-refractivity contribution in [3.05, 3.63) is 12.2 Å². The highest BCUT2D eigenvalue weighted by molar-refractivity contribution is 14.0. The number of alkyl halides is 3. The van der Waals surface area contributed by atoms with Gasteiger partial charge in [0.05, 0.1) is 0 Å². The lowest BCUT2D eigenvalue weighted by Crippen LogP contribution is -2.51. The highest BCUT2D eigenvalue weighted by atomic mass is 127. The first kappa shape index (κ1) is 24.9. The average Bonchev–Trinajstić information content (AvgIpc) is 3.07. The predicted octanol–water partition coefficient (Wildman–Crippen LogP) is 0.937. The molecule has 2 rings (SSSR count). The van der Waals surface area contributed by atoms with Crippen LogP contribution in [-0.2, 0) is 23.0 Å². The summed E-state index contributed by atoms with van der Waals surface area (Å²) in [5.74, 6) is 1.39. The van der Waals surface area contributed by atoms with Crippen molar-refractivity contribution in [3.63, 3.8) is 0 Å². The number of hydrogen-bond donors (Lipinski definition) is 2. The van der Waals surface area contributed by atoms with E-state index in [1.807, 2.05) is 11.5 Å². The molecule has 1 aliphatic rings. The van der Waals surface area contributed by atoms with Crippen LogP contribution in [0, 0.1) is 0 Å². The van der Waals surface area contributed by atoms with E-state index >= 15 is 0 Å². The van der Waals surface area contributed by atoms with E-state index in [1.165, 1.54) is 0 Å². The zero-order valence-electron chi connectivity index (χ0n) is 15.6. The van der Waals surface area contributed by atoms with Gasteiger partial charge < -0.3 is 15.2 Å². The molecule has 9 nitrogen and oxygen atoms in total. The van der Waals surface area contributed by atoms with E-state index in [4.69, 9.17) is 0 Å². The fourth-order valence-electron chi connectivity index (χ4n) is 2.81. The first-order valence-corrected chi connectivity index (χ1v) is 10.0. The van der Waals surface area contributed by atoms with Crippen LogP contribution >= 0.6 is 24.0 Å². The molecule has 0 bridgehead atoms.